The molecule has 3 aliphatic rings. The van der Waals surface area contributed by atoms with Crippen LogP contribution in [0, 0.1) is 5.92 Å². The zero-order chi connectivity index (χ0) is 24.1. The van der Waals surface area contributed by atoms with Gasteiger partial charge in [0, 0.05) is 57.4 Å². The summed E-state index contributed by atoms with van der Waals surface area (Å²) >= 11 is 0. The monoisotopic (exact) mass is 470 g/mol. The number of hydrogen-bond donors (Lipinski definition) is 0. The molecule has 0 spiro atoms. The summed E-state index contributed by atoms with van der Waals surface area (Å²) in [6.45, 7) is 5.98. The van der Waals surface area contributed by atoms with Crippen LogP contribution in [0.5, 0.6) is 0 Å². The van der Waals surface area contributed by atoms with E-state index in [4.69, 9.17) is 4.74 Å². The van der Waals surface area contributed by atoms with E-state index in [2.05, 4.69) is 47.0 Å². The molecule has 0 N–H and O–H groups in total. The number of likely N-dealkylation sites (N-methyl/N-ethyl adjacent to an activating group) is 1. The fourth-order valence-corrected chi connectivity index (χ4v) is 5.79. The van der Waals surface area contributed by atoms with Crippen LogP contribution in [0.15, 0.2) is 18.2 Å². The number of carbonyl (C=O) groups is 2. The van der Waals surface area contributed by atoms with Gasteiger partial charge in [-0.3, -0.25) is 9.69 Å². The predicted octanol–water partition coefficient (Wildman–Crippen LogP) is 3.40. The van der Waals surface area contributed by atoms with Crippen LogP contribution in [0.25, 0.3) is 0 Å². The molecular formula is C27H42N4O3. The highest BCUT2D eigenvalue weighted by molar-refractivity contribution is 5.94. The van der Waals surface area contributed by atoms with Gasteiger partial charge < -0.3 is 19.4 Å². The standard InChI is InChI=1S/C27H42N4O3/c1-28(2)16-17-29-14-12-22-7-10-25(20-23(22)13-15-29)31-19-18-30(27(31)33)24-8-4-21(5-9-24)6-11-26(32)34-3/h7,10,20-21,24H,4-6,8-9,11-19H2,1-3H3/t21-,24-. The number of ether oxygens (including phenoxy) is 1. The number of rotatable bonds is 8. The van der Waals surface area contributed by atoms with Gasteiger partial charge in [0.25, 0.3) is 0 Å². The van der Waals surface area contributed by atoms with Crippen molar-refractivity contribution >= 4 is 17.7 Å². The minimum atomic E-state index is -0.116. The van der Waals surface area contributed by atoms with Crippen molar-refractivity contribution in [1.29, 1.82) is 0 Å². The minimum absolute atomic E-state index is 0.116. The molecular weight excluding hydrogens is 428 g/mol. The second-order valence-electron chi connectivity index (χ2n) is 10.5. The van der Waals surface area contributed by atoms with Crippen LogP contribution in [0.3, 0.4) is 0 Å². The van der Waals surface area contributed by atoms with Crippen LogP contribution >= 0.6 is 0 Å². The Morgan fingerprint density at radius 1 is 1.03 bits per heavy atom. The smallest absolute Gasteiger partial charge is 0.324 e. The fourth-order valence-electron chi connectivity index (χ4n) is 5.79. The highest BCUT2D eigenvalue weighted by Crippen LogP contribution is 2.33. The summed E-state index contributed by atoms with van der Waals surface area (Å²) in [4.78, 5) is 33.7. The SMILES string of the molecule is COC(=O)CC[C@H]1CC[C@H](N2CCN(c3ccc4c(c3)CCN(CCN(C)C)CC4)C2=O)CC1. The highest BCUT2D eigenvalue weighted by Gasteiger charge is 2.36. The molecule has 2 fully saturated rings. The van der Waals surface area contributed by atoms with Gasteiger partial charge in [-0.1, -0.05) is 6.07 Å². The molecule has 0 bridgehead atoms. The van der Waals surface area contributed by atoms with Crippen molar-refractivity contribution in [2.45, 2.75) is 57.4 Å². The maximum absolute atomic E-state index is 13.4. The van der Waals surface area contributed by atoms with Gasteiger partial charge in [-0.25, -0.2) is 4.79 Å². The van der Waals surface area contributed by atoms with Crippen LogP contribution in [-0.2, 0) is 22.4 Å². The lowest BCUT2D eigenvalue weighted by Crippen LogP contribution is -2.41. The Morgan fingerprint density at radius 2 is 1.76 bits per heavy atom. The van der Waals surface area contributed by atoms with Gasteiger partial charge in [0.15, 0.2) is 0 Å². The molecule has 188 valence electrons. The Bertz CT molecular complexity index is 850. The average molecular weight is 471 g/mol. The molecule has 2 heterocycles. The first kappa shape index (κ1) is 25.0. The molecule has 4 rings (SSSR count). The normalized spacial score (nSPS) is 23.8. The molecule has 0 aromatic heterocycles. The van der Waals surface area contributed by atoms with E-state index in [-0.39, 0.29) is 12.0 Å². The molecule has 0 unspecified atom stereocenters. The van der Waals surface area contributed by atoms with Crippen molar-refractivity contribution < 1.29 is 14.3 Å². The fraction of sp³-hybridized carbons (Fsp3) is 0.704. The van der Waals surface area contributed by atoms with Crippen LogP contribution in [0.4, 0.5) is 10.5 Å². The van der Waals surface area contributed by atoms with E-state index in [1.807, 2.05) is 4.90 Å². The number of esters is 1. The Balaban J connectivity index is 1.31. The molecule has 1 aromatic rings. The maximum Gasteiger partial charge on any atom is 0.324 e. The summed E-state index contributed by atoms with van der Waals surface area (Å²) in [5, 5.41) is 0. The van der Waals surface area contributed by atoms with Gasteiger partial charge in [-0.15, -0.1) is 0 Å². The third-order valence-corrected chi connectivity index (χ3v) is 8.04. The highest BCUT2D eigenvalue weighted by atomic mass is 16.5. The lowest BCUT2D eigenvalue weighted by atomic mass is 9.83. The number of amides is 2. The molecule has 2 aliphatic heterocycles. The maximum atomic E-state index is 13.4. The number of carbonyl (C=O) groups excluding carboxylic acids is 2. The van der Waals surface area contributed by atoms with Crippen molar-refractivity contribution in [1.82, 2.24) is 14.7 Å². The van der Waals surface area contributed by atoms with Crippen molar-refractivity contribution in [3.05, 3.63) is 29.3 Å². The number of nitrogens with zero attached hydrogens (tertiary/aromatic N) is 4. The molecule has 7 nitrogen and oxygen atoms in total. The lowest BCUT2D eigenvalue weighted by molar-refractivity contribution is -0.141. The second kappa shape index (κ2) is 11.5. The van der Waals surface area contributed by atoms with Crippen LogP contribution in [-0.4, -0.2) is 93.2 Å². The van der Waals surface area contributed by atoms with E-state index in [0.717, 1.165) is 89.9 Å². The molecule has 1 saturated carbocycles. The molecule has 7 heteroatoms. The zero-order valence-electron chi connectivity index (χ0n) is 21.3. The largest absolute Gasteiger partial charge is 0.469 e. The van der Waals surface area contributed by atoms with Crippen molar-refractivity contribution in [2.75, 3.05) is 65.4 Å². The van der Waals surface area contributed by atoms with E-state index in [1.165, 1.54) is 18.2 Å². The van der Waals surface area contributed by atoms with E-state index in [0.29, 0.717) is 18.4 Å². The van der Waals surface area contributed by atoms with Crippen LogP contribution in [0.2, 0.25) is 0 Å². The molecule has 0 radical (unpaired) electrons. The predicted molar refractivity (Wildman–Crippen MR) is 135 cm³/mol. The summed E-state index contributed by atoms with van der Waals surface area (Å²) < 4.78 is 4.78. The summed E-state index contributed by atoms with van der Waals surface area (Å²) in [6.07, 6.45) is 7.81. The molecule has 2 amide bonds. The number of benzene rings is 1. The average Bonchev–Trinajstić information content (AvgIpc) is 3.11. The first-order chi connectivity index (χ1) is 16.4. The molecule has 0 atom stereocenters. The van der Waals surface area contributed by atoms with E-state index in [1.54, 1.807) is 0 Å². The minimum Gasteiger partial charge on any atom is -0.469 e. The summed E-state index contributed by atoms with van der Waals surface area (Å²) in [6, 6.07) is 7.18. The Morgan fingerprint density at radius 3 is 2.47 bits per heavy atom. The van der Waals surface area contributed by atoms with E-state index < -0.39 is 0 Å². The van der Waals surface area contributed by atoms with Gasteiger partial charge in [-0.2, -0.15) is 0 Å². The molecule has 1 aliphatic carbocycles. The van der Waals surface area contributed by atoms with E-state index in [9.17, 15) is 9.59 Å². The van der Waals surface area contributed by atoms with E-state index >= 15 is 0 Å². The van der Waals surface area contributed by atoms with Crippen LogP contribution < -0.4 is 4.90 Å². The van der Waals surface area contributed by atoms with Crippen molar-refractivity contribution in [3.63, 3.8) is 0 Å². The number of fused-ring (bicyclic) bond motifs is 1. The first-order valence-corrected chi connectivity index (χ1v) is 13.1. The number of urea groups is 1. The zero-order valence-corrected chi connectivity index (χ0v) is 21.3. The Kier molecular flexibility index (Phi) is 8.48. The van der Waals surface area contributed by atoms with Crippen molar-refractivity contribution in [2.24, 2.45) is 5.92 Å². The number of anilines is 1. The first-order valence-electron chi connectivity index (χ1n) is 13.1. The number of hydrogen-bond acceptors (Lipinski definition) is 5. The second-order valence-corrected chi connectivity index (χ2v) is 10.5. The molecule has 1 saturated heterocycles. The summed E-state index contributed by atoms with van der Waals surface area (Å²) in [5.41, 5.74) is 3.90. The van der Waals surface area contributed by atoms with Gasteiger partial charge in [0.05, 0.1) is 7.11 Å². The topological polar surface area (TPSA) is 56.3 Å². The Labute approximate surface area is 205 Å². The van der Waals surface area contributed by atoms with Crippen LogP contribution in [0.1, 0.15) is 49.7 Å². The van der Waals surface area contributed by atoms with Gasteiger partial charge >= 0.3 is 12.0 Å². The molecule has 34 heavy (non-hydrogen) atoms. The quantitative estimate of drug-likeness (QED) is 0.545. The van der Waals surface area contributed by atoms with Crippen molar-refractivity contribution in [3.8, 4) is 0 Å². The molecule has 1 aromatic carbocycles. The van der Waals surface area contributed by atoms with Gasteiger partial charge in [-0.05, 0) is 88.2 Å². The summed E-state index contributed by atoms with van der Waals surface area (Å²) in [5.74, 6) is 0.459. The summed E-state index contributed by atoms with van der Waals surface area (Å²) in [7, 11) is 5.72. The van der Waals surface area contributed by atoms with Gasteiger partial charge in [0.1, 0.15) is 0 Å². The number of methoxy groups -OCH3 is 1. The van der Waals surface area contributed by atoms with Gasteiger partial charge in [0.2, 0.25) is 0 Å². The lowest BCUT2D eigenvalue weighted by Gasteiger charge is -2.34. The Hall–Kier alpha value is -2.12. The third-order valence-electron chi connectivity index (χ3n) is 8.04. The third kappa shape index (κ3) is 6.11.